The molecule has 0 aliphatic heterocycles. The molecule has 6 nitrogen and oxygen atoms in total. The van der Waals surface area contributed by atoms with Gasteiger partial charge in [-0.05, 0) is 49.6 Å². The molecule has 0 radical (unpaired) electrons. The van der Waals surface area contributed by atoms with E-state index in [-0.39, 0.29) is 28.8 Å². The molecule has 0 aliphatic rings. The van der Waals surface area contributed by atoms with E-state index in [0.29, 0.717) is 17.0 Å². The van der Waals surface area contributed by atoms with E-state index >= 15 is 4.39 Å². The highest BCUT2D eigenvalue weighted by Crippen LogP contribution is 2.37. The third-order valence-electron chi connectivity index (χ3n) is 4.86. The number of halogens is 2. The Morgan fingerprint density at radius 2 is 1.82 bits per heavy atom. The number of aryl methyl sites for hydroxylation is 1. The number of nitrogens with one attached hydrogen (secondary N) is 1. The van der Waals surface area contributed by atoms with Crippen LogP contribution in [0.3, 0.4) is 0 Å². The zero-order chi connectivity index (χ0) is 23.4. The van der Waals surface area contributed by atoms with Crippen molar-refractivity contribution in [3.63, 3.8) is 0 Å². The van der Waals surface area contributed by atoms with E-state index in [1.165, 1.54) is 31.3 Å². The summed E-state index contributed by atoms with van der Waals surface area (Å²) >= 11 is 1.27. The fourth-order valence-electron chi connectivity index (χ4n) is 3.11. The Labute approximate surface area is 194 Å². The molecule has 0 spiro atoms. The predicted molar refractivity (Wildman–Crippen MR) is 127 cm³/mol. The van der Waals surface area contributed by atoms with Crippen LogP contribution >= 0.6 is 11.9 Å². The van der Waals surface area contributed by atoms with Crippen LogP contribution in [0.25, 0.3) is 11.3 Å². The number of hydrogen-bond donors (Lipinski definition) is 2. The number of pyridine rings is 1. The molecular weight excluding hydrogens is 444 g/mol. The molecule has 0 aliphatic carbocycles. The lowest BCUT2D eigenvalue weighted by Crippen LogP contribution is -2.02. The van der Waals surface area contributed by atoms with Crippen LogP contribution in [0.15, 0.2) is 60.9 Å². The van der Waals surface area contributed by atoms with Crippen molar-refractivity contribution in [3.8, 4) is 22.9 Å². The SMILES string of the molecule is Cc1ccc(CSNc2cc(F)c(Oc3ncccc3-c3ccnc(N)n3)c(C)c2F)cc1. The zero-order valence-corrected chi connectivity index (χ0v) is 18.8. The molecule has 0 fully saturated rings. The summed E-state index contributed by atoms with van der Waals surface area (Å²) in [7, 11) is 0. The number of aromatic nitrogens is 3. The monoisotopic (exact) mass is 465 g/mol. The van der Waals surface area contributed by atoms with Crippen LogP contribution in [0, 0.1) is 25.5 Å². The van der Waals surface area contributed by atoms with Crippen molar-refractivity contribution < 1.29 is 13.5 Å². The summed E-state index contributed by atoms with van der Waals surface area (Å²) in [6.07, 6.45) is 2.99. The zero-order valence-electron chi connectivity index (χ0n) is 18.0. The van der Waals surface area contributed by atoms with E-state index < -0.39 is 11.6 Å². The molecule has 0 saturated carbocycles. The lowest BCUT2D eigenvalue weighted by molar-refractivity contribution is 0.420. The number of benzene rings is 2. The summed E-state index contributed by atoms with van der Waals surface area (Å²) in [6.45, 7) is 3.46. The van der Waals surface area contributed by atoms with Crippen LogP contribution in [-0.2, 0) is 5.75 Å². The maximum absolute atomic E-state index is 15.0. The highest BCUT2D eigenvalue weighted by atomic mass is 32.2. The molecule has 0 bridgehead atoms. The maximum Gasteiger partial charge on any atom is 0.228 e. The van der Waals surface area contributed by atoms with Crippen LogP contribution in [0.4, 0.5) is 20.4 Å². The number of anilines is 2. The van der Waals surface area contributed by atoms with Gasteiger partial charge in [0.1, 0.15) is 0 Å². The van der Waals surface area contributed by atoms with Crippen molar-refractivity contribution in [2.24, 2.45) is 0 Å². The Morgan fingerprint density at radius 3 is 2.58 bits per heavy atom. The molecule has 0 unspecified atom stereocenters. The fourth-order valence-corrected chi connectivity index (χ4v) is 3.84. The van der Waals surface area contributed by atoms with Gasteiger partial charge >= 0.3 is 0 Å². The van der Waals surface area contributed by atoms with E-state index in [9.17, 15) is 4.39 Å². The molecule has 0 saturated heterocycles. The number of hydrogen-bond acceptors (Lipinski definition) is 7. The summed E-state index contributed by atoms with van der Waals surface area (Å²) in [6, 6.07) is 14.1. The first-order valence-corrected chi connectivity index (χ1v) is 11.0. The van der Waals surface area contributed by atoms with Crippen molar-refractivity contribution in [2.75, 3.05) is 10.5 Å². The van der Waals surface area contributed by atoms with Crippen LogP contribution in [0.1, 0.15) is 16.7 Å². The molecule has 0 amide bonds. The highest BCUT2D eigenvalue weighted by molar-refractivity contribution is 7.99. The Kier molecular flexibility index (Phi) is 6.69. The summed E-state index contributed by atoms with van der Waals surface area (Å²) in [4.78, 5) is 12.2. The van der Waals surface area contributed by atoms with E-state index in [1.807, 2.05) is 31.2 Å². The van der Waals surface area contributed by atoms with Crippen LogP contribution in [0.5, 0.6) is 11.6 Å². The molecule has 4 rings (SSSR count). The quantitative estimate of drug-likeness (QED) is 0.320. The number of ether oxygens (including phenoxy) is 1. The first-order valence-electron chi connectivity index (χ1n) is 10.1. The lowest BCUT2D eigenvalue weighted by atomic mass is 10.1. The van der Waals surface area contributed by atoms with E-state index in [4.69, 9.17) is 10.5 Å². The van der Waals surface area contributed by atoms with Crippen LogP contribution in [-0.4, -0.2) is 15.0 Å². The average Bonchev–Trinajstić information content (AvgIpc) is 2.81. The minimum Gasteiger partial charge on any atom is -0.435 e. The molecule has 3 N–H and O–H groups in total. The van der Waals surface area contributed by atoms with E-state index in [1.54, 1.807) is 18.2 Å². The first-order chi connectivity index (χ1) is 15.9. The van der Waals surface area contributed by atoms with Crippen molar-refractivity contribution in [1.82, 2.24) is 15.0 Å². The van der Waals surface area contributed by atoms with Gasteiger partial charge in [0.05, 0.1) is 16.9 Å². The third kappa shape index (κ3) is 5.20. The topological polar surface area (TPSA) is 86.0 Å². The second-order valence-electron chi connectivity index (χ2n) is 7.31. The van der Waals surface area contributed by atoms with Crippen molar-refractivity contribution in [3.05, 3.63) is 89.2 Å². The first kappa shape index (κ1) is 22.5. The Morgan fingerprint density at radius 1 is 1.03 bits per heavy atom. The third-order valence-corrected chi connectivity index (χ3v) is 5.70. The highest BCUT2D eigenvalue weighted by Gasteiger charge is 2.20. The minimum atomic E-state index is -0.717. The van der Waals surface area contributed by atoms with Gasteiger partial charge in [-0.3, -0.25) is 0 Å². The summed E-state index contributed by atoms with van der Waals surface area (Å²) < 4.78 is 38.6. The van der Waals surface area contributed by atoms with Crippen LogP contribution in [0.2, 0.25) is 0 Å². The Bertz CT molecular complexity index is 1280. The molecule has 2 aromatic heterocycles. The molecule has 168 valence electrons. The van der Waals surface area contributed by atoms with Gasteiger partial charge in [0.15, 0.2) is 17.4 Å². The molecule has 2 heterocycles. The summed E-state index contributed by atoms with van der Waals surface area (Å²) in [5.41, 5.74) is 8.89. The molecular formula is C24H21F2N5OS. The number of nitrogen functional groups attached to an aromatic ring is 1. The van der Waals surface area contributed by atoms with Gasteiger partial charge in [0, 0.05) is 29.8 Å². The second-order valence-corrected chi connectivity index (χ2v) is 8.09. The van der Waals surface area contributed by atoms with E-state index in [0.717, 1.165) is 17.2 Å². The second kappa shape index (κ2) is 9.83. The molecule has 2 aromatic carbocycles. The molecule has 33 heavy (non-hydrogen) atoms. The molecule has 4 aromatic rings. The fraction of sp³-hybridized carbons (Fsp3) is 0.125. The van der Waals surface area contributed by atoms with Crippen molar-refractivity contribution in [1.29, 1.82) is 0 Å². The lowest BCUT2D eigenvalue weighted by Gasteiger charge is -2.15. The van der Waals surface area contributed by atoms with Gasteiger partial charge < -0.3 is 15.2 Å². The number of nitrogens with two attached hydrogens (primary N) is 1. The largest absolute Gasteiger partial charge is 0.435 e. The van der Waals surface area contributed by atoms with Gasteiger partial charge in [0.2, 0.25) is 11.8 Å². The van der Waals surface area contributed by atoms with Gasteiger partial charge in [-0.15, -0.1) is 0 Å². The van der Waals surface area contributed by atoms with Gasteiger partial charge in [-0.2, -0.15) is 0 Å². The summed E-state index contributed by atoms with van der Waals surface area (Å²) in [5, 5.41) is 0. The normalized spacial score (nSPS) is 10.8. The standard InChI is InChI=1S/C24H21F2N5OS/c1-14-5-7-16(8-6-14)13-33-31-20-12-18(25)22(15(2)21(20)26)32-23-17(4-3-10-28-23)19-9-11-29-24(27)30-19/h3-12,31H,13H2,1-2H3,(H2,27,29,30). The Hall–Kier alpha value is -3.72. The number of nitrogens with zero attached hydrogens (tertiary/aromatic N) is 3. The Balaban J connectivity index is 1.55. The maximum atomic E-state index is 15.0. The van der Waals surface area contributed by atoms with Gasteiger partial charge in [0.25, 0.3) is 0 Å². The van der Waals surface area contributed by atoms with Gasteiger partial charge in [-0.1, -0.05) is 29.8 Å². The van der Waals surface area contributed by atoms with Crippen LogP contribution < -0.4 is 15.2 Å². The van der Waals surface area contributed by atoms with Crippen molar-refractivity contribution in [2.45, 2.75) is 19.6 Å². The average molecular weight is 466 g/mol. The molecule has 9 heteroatoms. The minimum absolute atomic E-state index is 0.0206. The van der Waals surface area contributed by atoms with Crippen molar-refractivity contribution >= 4 is 23.6 Å². The predicted octanol–water partition coefficient (Wildman–Crippen LogP) is 6.07. The van der Waals surface area contributed by atoms with E-state index in [2.05, 4.69) is 19.7 Å². The number of rotatable bonds is 7. The molecule has 0 atom stereocenters. The van der Waals surface area contributed by atoms with Gasteiger partial charge in [-0.25, -0.2) is 23.7 Å². The smallest absolute Gasteiger partial charge is 0.228 e. The summed E-state index contributed by atoms with van der Waals surface area (Å²) in [5.74, 6) is -0.820.